The lowest BCUT2D eigenvalue weighted by atomic mass is 10.0. The van der Waals surface area contributed by atoms with Crippen molar-refractivity contribution in [2.75, 3.05) is 13.2 Å². The van der Waals surface area contributed by atoms with Crippen molar-refractivity contribution in [3.05, 3.63) is 60.8 Å². The number of allylic oxidation sites excluding steroid dienone is 10. The molecule has 0 bridgehead atoms. The molecule has 0 radical (unpaired) electrons. The van der Waals surface area contributed by atoms with Crippen LogP contribution in [0.5, 0.6) is 0 Å². The molecule has 0 aliphatic carbocycles. The van der Waals surface area contributed by atoms with Gasteiger partial charge in [-0.05, 0) is 57.8 Å². The SMILES string of the molecule is CC/C=C\C/C=C\C/C=C\C/C=C\C/C=C\CCCCCCCCCCCCCCCCCCCCCCCCCCCC(=O)OC(CO)COC(=O)CCCCCCCCCCCCCCCCCCCCCCCCCCCCCCCCCCCC. The van der Waals surface area contributed by atoms with Gasteiger partial charge in [0.15, 0.2) is 6.10 Å². The van der Waals surface area contributed by atoms with Crippen molar-refractivity contribution >= 4 is 11.9 Å². The molecule has 0 aliphatic heterocycles. The molecule has 1 N–H and O–H groups in total. The van der Waals surface area contributed by atoms with E-state index in [1.54, 1.807) is 0 Å². The van der Waals surface area contributed by atoms with Crippen LogP contribution in [0.15, 0.2) is 60.8 Å². The summed E-state index contributed by atoms with van der Waals surface area (Å²) in [5.74, 6) is -0.562. The Morgan fingerprint density at radius 3 is 0.730 bits per heavy atom. The number of aliphatic hydroxyl groups excluding tert-OH is 1. The van der Waals surface area contributed by atoms with Gasteiger partial charge >= 0.3 is 11.9 Å². The lowest BCUT2D eigenvalue weighted by molar-refractivity contribution is -0.161. The average molecular weight is 1250 g/mol. The first-order valence-corrected chi connectivity index (χ1v) is 40.3. The molecule has 0 aromatic carbocycles. The van der Waals surface area contributed by atoms with Gasteiger partial charge in [0.05, 0.1) is 6.61 Å². The van der Waals surface area contributed by atoms with E-state index in [1.807, 2.05) is 0 Å². The molecule has 522 valence electrons. The van der Waals surface area contributed by atoms with Crippen LogP contribution in [-0.2, 0) is 19.1 Å². The van der Waals surface area contributed by atoms with Gasteiger partial charge in [-0.2, -0.15) is 0 Å². The van der Waals surface area contributed by atoms with Gasteiger partial charge in [-0.1, -0.05) is 434 Å². The average Bonchev–Trinajstić information content (AvgIpc) is 3.55. The Kier molecular flexibility index (Phi) is 77.7. The van der Waals surface area contributed by atoms with E-state index >= 15 is 0 Å². The number of carbonyl (C=O) groups excluding carboxylic acids is 2. The first-order valence-electron chi connectivity index (χ1n) is 40.3. The topological polar surface area (TPSA) is 72.8 Å². The van der Waals surface area contributed by atoms with E-state index in [0.29, 0.717) is 12.8 Å². The number of carbonyl (C=O) groups is 2. The van der Waals surface area contributed by atoms with Crippen LogP contribution in [0.3, 0.4) is 0 Å². The number of hydrogen-bond donors (Lipinski definition) is 1. The summed E-state index contributed by atoms with van der Waals surface area (Å²) in [4.78, 5) is 24.7. The molecule has 5 heteroatoms. The Morgan fingerprint density at radius 1 is 0.270 bits per heavy atom. The third-order valence-electron chi connectivity index (χ3n) is 18.6. The fourth-order valence-corrected chi connectivity index (χ4v) is 12.6. The summed E-state index contributed by atoms with van der Waals surface area (Å²) >= 11 is 0. The third-order valence-corrected chi connectivity index (χ3v) is 18.6. The molecule has 0 saturated heterocycles. The molecule has 0 amide bonds. The smallest absolute Gasteiger partial charge is 0.306 e. The number of rotatable bonds is 76. The Bertz CT molecular complexity index is 1510. The van der Waals surface area contributed by atoms with Crippen molar-refractivity contribution < 1.29 is 24.2 Å². The first-order chi connectivity index (χ1) is 44.1. The molecule has 0 spiro atoms. The van der Waals surface area contributed by atoms with E-state index in [1.165, 1.54) is 353 Å². The van der Waals surface area contributed by atoms with Crippen LogP contribution >= 0.6 is 0 Å². The van der Waals surface area contributed by atoms with Crippen molar-refractivity contribution in [1.29, 1.82) is 0 Å². The van der Waals surface area contributed by atoms with Gasteiger partial charge in [-0.15, -0.1) is 0 Å². The maximum Gasteiger partial charge on any atom is 0.306 e. The summed E-state index contributed by atoms with van der Waals surface area (Å²) < 4.78 is 10.8. The second-order valence-electron chi connectivity index (χ2n) is 27.5. The Balaban J connectivity index is 3.36. The van der Waals surface area contributed by atoms with Crippen molar-refractivity contribution in [3.8, 4) is 0 Å². The molecule has 0 rings (SSSR count). The van der Waals surface area contributed by atoms with Gasteiger partial charge in [0.25, 0.3) is 0 Å². The fraction of sp³-hybridized carbons (Fsp3) is 0.857. The molecular formula is C84H156O5. The molecule has 89 heavy (non-hydrogen) atoms. The summed E-state index contributed by atoms with van der Waals surface area (Å²) in [5, 5.41) is 9.73. The highest BCUT2D eigenvalue weighted by atomic mass is 16.6. The Labute approximate surface area is 557 Å². The lowest BCUT2D eigenvalue weighted by Gasteiger charge is -2.15. The summed E-state index contributed by atoms with van der Waals surface area (Å²) in [7, 11) is 0. The molecule has 0 aromatic heterocycles. The van der Waals surface area contributed by atoms with E-state index in [2.05, 4.69) is 74.6 Å². The van der Waals surface area contributed by atoms with E-state index < -0.39 is 6.10 Å². The van der Waals surface area contributed by atoms with Gasteiger partial charge in [0, 0.05) is 12.8 Å². The number of ether oxygens (including phenoxy) is 2. The van der Waals surface area contributed by atoms with Crippen LogP contribution < -0.4 is 0 Å². The second kappa shape index (κ2) is 79.8. The zero-order valence-electron chi connectivity index (χ0n) is 60.2. The third kappa shape index (κ3) is 78.0. The largest absolute Gasteiger partial charge is 0.462 e. The van der Waals surface area contributed by atoms with Crippen LogP contribution in [0, 0.1) is 0 Å². The monoisotopic (exact) mass is 1250 g/mol. The number of unbranched alkanes of at least 4 members (excludes halogenated alkanes) is 58. The first kappa shape index (κ1) is 86.6. The predicted molar refractivity (Wildman–Crippen MR) is 394 cm³/mol. The highest BCUT2D eigenvalue weighted by Crippen LogP contribution is 2.20. The second-order valence-corrected chi connectivity index (χ2v) is 27.5. The Hall–Kier alpha value is -2.40. The van der Waals surface area contributed by atoms with Gasteiger partial charge in [0.2, 0.25) is 0 Å². The molecular weight excluding hydrogens is 1090 g/mol. The van der Waals surface area contributed by atoms with Crippen molar-refractivity contribution in [1.82, 2.24) is 0 Å². The molecule has 0 aliphatic rings. The normalized spacial score (nSPS) is 12.4. The number of esters is 2. The Morgan fingerprint density at radius 2 is 0.483 bits per heavy atom. The van der Waals surface area contributed by atoms with Crippen LogP contribution in [0.1, 0.15) is 444 Å². The minimum absolute atomic E-state index is 0.0585. The molecule has 1 atom stereocenters. The number of aliphatic hydroxyl groups is 1. The van der Waals surface area contributed by atoms with Crippen LogP contribution in [0.4, 0.5) is 0 Å². The van der Waals surface area contributed by atoms with Crippen molar-refractivity contribution in [2.24, 2.45) is 0 Å². The molecule has 0 heterocycles. The van der Waals surface area contributed by atoms with E-state index in [4.69, 9.17) is 9.47 Å². The minimum atomic E-state index is -0.770. The van der Waals surface area contributed by atoms with Crippen molar-refractivity contribution in [2.45, 2.75) is 450 Å². The standard InChI is InChI=1S/C84H156O5/c1-3-5-7-9-11-13-15-17-19-21-23-25-27-29-31-33-35-37-39-40-41-42-43-44-45-47-49-51-53-55-57-59-61-63-65-67-69-71-73-75-77-79-84(87)89-82(80-85)81-88-83(86)78-76-74-72-70-68-66-64-62-60-58-56-54-52-50-48-46-38-36-34-32-30-28-26-24-22-20-18-16-14-12-10-8-6-4-2/h5,7,11,13,17,19,23,25,29,31,82,85H,3-4,6,8-10,12,14-16,18,20-22,24,26-28,30,32-81H2,1-2H3/b7-5-,13-11-,19-17-,25-23-,31-29-. The fourth-order valence-electron chi connectivity index (χ4n) is 12.6. The zero-order chi connectivity index (χ0) is 64.0. The summed E-state index contributed by atoms with van der Waals surface area (Å²) in [5.41, 5.74) is 0. The molecule has 0 fully saturated rings. The minimum Gasteiger partial charge on any atom is -0.462 e. The lowest BCUT2D eigenvalue weighted by Crippen LogP contribution is -2.28. The predicted octanol–water partition coefficient (Wildman–Crippen LogP) is 28.4. The highest BCUT2D eigenvalue weighted by molar-refractivity contribution is 5.70. The summed E-state index contributed by atoms with van der Waals surface area (Å²) in [6.45, 7) is 4.10. The summed E-state index contributed by atoms with van der Waals surface area (Å²) in [6, 6.07) is 0. The quantitative estimate of drug-likeness (QED) is 0.0373. The summed E-state index contributed by atoms with van der Waals surface area (Å²) in [6.07, 6.45) is 110. The van der Waals surface area contributed by atoms with E-state index in [-0.39, 0.29) is 25.2 Å². The highest BCUT2D eigenvalue weighted by Gasteiger charge is 2.16. The van der Waals surface area contributed by atoms with Gasteiger partial charge < -0.3 is 14.6 Å². The van der Waals surface area contributed by atoms with Crippen LogP contribution in [0.2, 0.25) is 0 Å². The maximum atomic E-state index is 12.4. The van der Waals surface area contributed by atoms with Crippen LogP contribution in [-0.4, -0.2) is 36.4 Å². The molecule has 0 aromatic rings. The molecule has 0 saturated carbocycles. The van der Waals surface area contributed by atoms with Crippen LogP contribution in [0.25, 0.3) is 0 Å². The van der Waals surface area contributed by atoms with Gasteiger partial charge in [-0.3, -0.25) is 9.59 Å². The van der Waals surface area contributed by atoms with Crippen molar-refractivity contribution in [3.63, 3.8) is 0 Å². The number of hydrogen-bond acceptors (Lipinski definition) is 5. The van der Waals surface area contributed by atoms with E-state index in [9.17, 15) is 14.7 Å². The maximum absolute atomic E-state index is 12.4. The van der Waals surface area contributed by atoms with Gasteiger partial charge in [-0.25, -0.2) is 0 Å². The zero-order valence-corrected chi connectivity index (χ0v) is 60.2. The molecule has 1 unspecified atom stereocenters. The molecule has 5 nitrogen and oxygen atoms in total. The van der Waals surface area contributed by atoms with E-state index in [0.717, 1.165) is 64.2 Å². The van der Waals surface area contributed by atoms with Gasteiger partial charge in [0.1, 0.15) is 6.61 Å².